The number of rotatable bonds is 9. The number of halogens is 1. The Morgan fingerprint density at radius 1 is 1.06 bits per heavy atom. The van der Waals surface area contributed by atoms with Crippen molar-refractivity contribution in [3.05, 3.63) is 71.3 Å². The quantitative estimate of drug-likeness (QED) is 0.294. The zero-order valence-corrected chi connectivity index (χ0v) is 19.1. The molecule has 2 aromatic heterocycles. The highest BCUT2D eigenvalue weighted by Gasteiger charge is 2.18. The Hall–Kier alpha value is -3.25. The molecule has 0 saturated carbocycles. The van der Waals surface area contributed by atoms with Crippen LogP contribution in [0.15, 0.2) is 59.1 Å². The lowest BCUT2D eigenvalue weighted by Gasteiger charge is -2.14. The molecule has 0 spiro atoms. The van der Waals surface area contributed by atoms with Gasteiger partial charge in [-0.2, -0.15) is 0 Å². The van der Waals surface area contributed by atoms with Crippen LogP contribution in [-0.2, 0) is 6.42 Å². The topological polar surface area (TPSA) is 73.2 Å². The summed E-state index contributed by atoms with van der Waals surface area (Å²) < 4.78 is 18.0. The molecule has 0 aliphatic carbocycles. The third-order valence-electron chi connectivity index (χ3n) is 4.77. The summed E-state index contributed by atoms with van der Waals surface area (Å²) in [5, 5.41) is 0.680. The number of hydrogen-bond donors (Lipinski definition) is 1. The van der Waals surface area contributed by atoms with Gasteiger partial charge in [-0.05, 0) is 51.5 Å². The summed E-state index contributed by atoms with van der Waals surface area (Å²) in [5.74, 6) is 3.61. The van der Waals surface area contributed by atoms with Crippen LogP contribution in [0.3, 0.4) is 0 Å². The first-order valence-corrected chi connectivity index (χ1v) is 11.0. The molecule has 0 unspecified atom stereocenters. The standard InChI is InChI=1S/C25H26ClN3O3/c1-16(2)31-22-8-5-4-7-21(22)30-14-6-9-23-24(18-10-12-19(26)13-11-18)29-25(32-23)20-15-27-17(3)28-20/h4-5,7-8,10-13,15-16H,6,9,14H2,1-3H3,(H,27,28). The van der Waals surface area contributed by atoms with Gasteiger partial charge in [0.25, 0.3) is 0 Å². The molecule has 1 N–H and O–H groups in total. The Bertz CT molecular complexity index is 1170. The number of oxazole rings is 1. The predicted octanol–water partition coefficient (Wildman–Crippen LogP) is 6.49. The summed E-state index contributed by atoms with van der Waals surface area (Å²) >= 11 is 6.06. The van der Waals surface area contributed by atoms with Crippen molar-refractivity contribution >= 4 is 11.6 Å². The molecule has 4 rings (SSSR count). The molecule has 0 amide bonds. The van der Waals surface area contributed by atoms with Gasteiger partial charge in [-0.1, -0.05) is 35.9 Å². The van der Waals surface area contributed by atoms with Gasteiger partial charge in [-0.25, -0.2) is 9.97 Å². The molecule has 0 atom stereocenters. The number of H-pyrrole nitrogens is 1. The number of aromatic nitrogens is 3. The molecular weight excluding hydrogens is 426 g/mol. The summed E-state index contributed by atoms with van der Waals surface area (Å²) in [5.41, 5.74) is 2.50. The third-order valence-corrected chi connectivity index (χ3v) is 5.02. The lowest BCUT2D eigenvalue weighted by molar-refractivity contribution is 0.220. The van der Waals surface area contributed by atoms with Crippen LogP contribution in [0, 0.1) is 6.92 Å². The van der Waals surface area contributed by atoms with Crippen LogP contribution in [0.25, 0.3) is 22.8 Å². The van der Waals surface area contributed by atoms with Crippen molar-refractivity contribution in [1.29, 1.82) is 0 Å². The molecule has 0 aliphatic heterocycles. The highest BCUT2D eigenvalue weighted by atomic mass is 35.5. The zero-order chi connectivity index (χ0) is 22.5. The summed E-state index contributed by atoms with van der Waals surface area (Å²) in [7, 11) is 0. The van der Waals surface area contributed by atoms with Crippen LogP contribution in [-0.4, -0.2) is 27.7 Å². The van der Waals surface area contributed by atoms with Gasteiger partial charge in [0.2, 0.25) is 5.89 Å². The van der Waals surface area contributed by atoms with Crippen LogP contribution in [0.5, 0.6) is 11.5 Å². The van der Waals surface area contributed by atoms with Crippen LogP contribution >= 0.6 is 11.6 Å². The van der Waals surface area contributed by atoms with E-state index in [0.29, 0.717) is 23.9 Å². The molecule has 2 aromatic carbocycles. The second-order valence-corrected chi connectivity index (χ2v) is 8.18. The van der Waals surface area contributed by atoms with Crippen molar-refractivity contribution in [2.75, 3.05) is 6.61 Å². The average molecular weight is 452 g/mol. The molecule has 0 saturated heterocycles. The van der Waals surface area contributed by atoms with E-state index in [0.717, 1.165) is 46.5 Å². The fourth-order valence-electron chi connectivity index (χ4n) is 3.33. The van der Waals surface area contributed by atoms with Crippen molar-refractivity contribution < 1.29 is 13.9 Å². The van der Waals surface area contributed by atoms with E-state index >= 15 is 0 Å². The average Bonchev–Trinajstić information content (AvgIpc) is 3.39. The second-order valence-electron chi connectivity index (χ2n) is 7.75. The minimum atomic E-state index is 0.0837. The molecule has 32 heavy (non-hydrogen) atoms. The van der Waals surface area contributed by atoms with Gasteiger partial charge in [0, 0.05) is 17.0 Å². The number of aromatic amines is 1. The van der Waals surface area contributed by atoms with E-state index in [1.807, 2.05) is 69.3 Å². The molecule has 2 heterocycles. The fourth-order valence-corrected chi connectivity index (χ4v) is 3.46. The van der Waals surface area contributed by atoms with Gasteiger partial charge in [0.05, 0.1) is 18.9 Å². The summed E-state index contributed by atoms with van der Waals surface area (Å²) in [4.78, 5) is 12.2. The Morgan fingerprint density at radius 3 is 2.50 bits per heavy atom. The zero-order valence-electron chi connectivity index (χ0n) is 18.4. The van der Waals surface area contributed by atoms with Gasteiger partial charge < -0.3 is 18.9 Å². The number of nitrogens with zero attached hydrogens (tertiary/aromatic N) is 2. The smallest absolute Gasteiger partial charge is 0.245 e. The van der Waals surface area contributed by atoms with Gasteiger partial charge >= 0.3 is 0 Å². The van der Waals surface area contributed by atoms with E-state index in [9.17, 15) is 0 Å². The molecule has 166 valence electrons. The maximum atomic E-state index is 6.13. The lowest BCUT2D eigenvalue weighted by Crippen LogP contribution is -2.08. The fraction of sp³-hybridized carbons (Fsp3) is 0.280. The number of para-hydroxylation sites is 2. The monoisotopic (exact) mass is 451 g/mol. The van der Waals surface area contributed by atoms with Gasteiger partial charge in [-0.15, -0.1) is 0 Å². The van der Waals surface area contributed by atoms with E-state index in [-0.39, 0.29) is 6.10 Å². The van der Waals surface area contributed by atoms with Crippen LogP contribution in [0.2, 0.25) is 5.02 Å². The number of ether oxygens (including phenoxy) is 2. The summed E-state index contributed by atoms with van der Waals surface area (Å²) in [6, 6.07) is 15.3. The van der Waals surface area contributed by atoms with E-state index in [1.54, 1.807) is 6.20 Å². The van der Waals surface area contributed by atoms with Gasteiger partial charge in [0.15, 0.2) is 11.5 Å². The Balaban J connectivity index is 1.49. The van der Waals surface area contributed by atoms with Crippen LogP contribution in [0.1, 0.15) is 31.9 Å². The van der Waals surface area contributed by atoms with Crippen molar-refractivity contribution in [2.45, 2.75) is 39.7 Å². The predicted molar refractivity (Wildman–Crippen MR) is 125 cm³/mol. The molecule has 0 bridgehead atoms. The van der Waals surface area contributed by atoms with Crippen molar-refractivity contribution in [1.82, 2.24) is 15.0 Å². The molecule has 7 heteroatoms. The molecule has 0 aliphatic rings. The second kappa shape index (κ2) is 9.92. The molecular formula is C25H26ClN3O3. The Kier molecular flexibility index (Phi) is 6.81. The number of aryl methyl sites for hydroxylation is 2. The van der Waals surface area contributed by atoms with E-state index in [2.05, 4.69) is 9.97 Å². The number of hydrogen-bond acceptors (Lipinski definition) is 5. The molecule has 0 fully saturated rings. The summed E-state index contributed by atoms with van der Waals surface area (Å²) in [6.45, 7) is 6.42. The minimum absolute atomic E-state index is 0.0837. The van der Waals surface area contributed by atoms with Gasteiger partial charge in [0.1, 0.15) is 23.0 Å². The Morgan fingerprint density at radius 2 is 1.81 bits per heavy atom. The molecule has 0 radical (unpaired) electrons. The molecule has 4 aromatic rings. The van der Waals surface area contributed by atoms with E-state index in [1.165, 1.54) is 0 Å². The summed E-state index contributed by atoms with van der Waals surface area (Å²) in [6.07, 6.45) is 3.24. The maximum absolute atomic E-state index is 6.13. The third kappa shape index (κ3) is 5.32. The first-order chi connectivity index (χ1) is 15.5. The number of nitrogens with one attached hydrogen (secondary N) is 1. The first kappa shape index (κ1) is 22.0. The van der Waals surface area contributed by atoms with Crippen molar-refractivity contribution in [3.8, 4) is 34.3 Å². The van der Waals surface area contributed by atoms with Crippen LogP contribution < -0.4 is 9.47 Å². The van der Waals surface area contributed by atoms with Crippen molar-refractivity contribution in [2.24, 2.45) is 0 Å². The van der Waals surface area contributed by atoms with Crippen LogP contribution in [0.4, 0.5) is 0 Å². The highest BCUT2D eigenvalue weighted by molar-refractivity contribution is 6.30. The number of benzene rings is 2. The van der Waals surface area contributed by atoms with Gasteiger partial charge in [-0.3, -0.25) is 0 Å². The normalized spacial score (nSPS) is 11.2. The SMILES string of the molecule is Cc1ncc(-c2nc(-c3ccc(Cl)cc3)c(CCCOc3ccccc3OC(C)C)o2)[nH]1. The maximum Gasteiger partial charge on any atom is 0.245 e. The van der Waals surface area contributed by atoms with Crippen molar-refractivity contribution in [3.63, 3.8) is 0 Å². The largest absolute Gasteiger partial charge is 0.490 e. The lowest BCUT2D eigenvalue weighted by atomic mass is 10.1. The van der Waals surface area contributed by atoms with E-state index in [4.69, 9.17) is 30.5 Å². The first-order valence-electron chi connectivity index (χ1n) is 10.7. The number of imidazole rings is 1. The highest BCUT2D eigenvalue weighted by Crippen LogP contribution is 2.31. The molecule has 6 nitrogen and oxygen atoms in total. The Labute approximate surface area is 192 Å². The minimum Gasteiger partial charge on any atom is -0.490 e. The van der Waals surface area contributed by atoms with E-state index < -0.39 is 0 Å².